The van der Waals surface area contributed by atoms with Gasteiger partial charge in [-0.1, -0.05) is 0 Å². The molecule has 164 valence electrons. The average molecular weight is 458 g/mol. The number of amides is 1. The number of anilines is 1. The third-order valence-electron chi connectivity index (χ3n) is 4.58. The normalized spacial score (nSPS) is 12.4. The van der Waals surface area contributed by atoms with Crippen LogP contribution in [0, 0.1) is 19.7 Å². The molecule has 0 heterocycles. The van der Waals surface area contributed by atoms with Crippen LogP contribution in [0.1, 0.15) is 11.1 Å². The van der Waals surface area contributed by atoms with Gasteiger partial charge >= 0.3 is 0 Å². The summed E-state index contributed by atoms with van der Waals surface area (Å²) < 4.78 is 64.9. The Morgan fingerprint density at radius 3 is 2.03 bits per heavy atom. The quantitative estimate of drug-likeness (QED) is 0.685. The smallest absolute Gasteiger partial charge is 0.243 e. The number of aryl methyl sites for hydroxylation is 1. The second-order valence-corrected chi connectivity index (χ2v) is 11.2. The first-order chi connectivity index (χ1) is 13.8. The van der Waals surface area contributed by atoms with Crippen LogP contribution in [0.25, 0.3) is 0 Å². The maximum absolute atomic E-state index is 13.0. The summed E-state index contributed by atoms with van der Waals surface area (Å²) in [5.74, 6) is -1.22. The Labute approximate surface area is 176 Å². The highest BCUT2D eigenvalue weighted by Gasteiger charge is 2.24. The molecule has 0 bridgehead atoms. The number of likely N-dealkylation sites (N-methyl/N-ethyl adjacent to an activating group) is 1. The van der Waals surface area contributed by atoms with E-state index in [-0.39, 0.29) is 15.5 Å². The van der Waals surface area contributed by atoms with E-state index in [9.17, 15) is 26.0 Å². The fourth-order valence-electron chi connectivity index (χ4n) is 2.58. The summed E-state index contributed by atoms with van der Waals surface area (Å²) in [7, 11) is -3.69. The predicted octanol–water partition coefficient (Wildman–Crippen LogP) is 1.95. The zero-order valence-corrected chi connectivity index (χ0v) is 18.9. The van der Waals surface area contributed by atoms with Gasteiger partial charge in [-0.05, 0) is 61.4 Å². The minimum Gasteiger partial charge on any atom is -0.325 e. The van der Waals surface area contributed by atoms with Crippen molar-refractivity contribution in [2.24, 2.45) is 0 Å². The largest absolute Gasteiger partial charge is 0.325 e. The fourth-order valence-corrected chi connectivity index (χ4v) is 4.72. The number of halogens is 1. The summed E-state index contributed by atoms with van der Waals surface area (Å²) in [6, 6.07) is 7.10. The topological polar surface area (TPSA) is 104 Å². The van der Waals surface area contributed by atoms with Crippen molar-refractivity contribution in [3.63, 3.8) is 0 Å². The van der Waals surface area contributed by atoms with Gasteiger partial charge in [-0.3, -0.25) is 4.79 Å². The minimum atomic E-state index is -4.00. The Balaban J connectivity index is 2.26. The van der Waals surface area contributed by atoms with E-state index in [4.69, 9.17) is 0 Å². The summed E-state index contributed by atoms with van der Waals surface area (Å²) in [6.45, 7) is 2.92. The standard InChI is InChI=1S/C19H24FN3O5S2/c1-13-10-17(29(25,26)22(3)4)11-18(14(13)2)21-19(24)12-23(5)30(27,28)16-8-6-15(20)7-9-16/h6-11H,12H2,1-5H3,(H,21,24). The van der Waals surface area contributed by atoms with Gasteiger partial charge in [0.25, 0.3) is 0 Å². The SMILES string of the molecule is Cc1cc(S(=O)(=O)N(C)C)cc(NC(=O)CN(C)S(=O)(=O)c2ccc(F)cc2)c1C. The van der Waals surface area contributed by atoms with E-state index in [1.54, 1.807) is 13.8 Å². The first-order valence-electron chi connectivity index (χ1n) is 8.82. The number of rotatable bonds is 7. The van der Waals surface area contributed by atoms with Crippen molar-refractivity contribution in [2.45, 2.75) is 23.6 Å². The first kappa shape index (κ1) is 23.9. The van der Waals surface area contributed by atoms with E-state index < -0.39 is 38.3 Å². The lowest BCUT2D eigenvalue weighted by molar-refractivity contribution is -0.116. The van der Waals surface area contributed by atoms with Gasteiger partial charge < -0.3 is 5.32 Å². The predicted molar refractivity (Wildman–Crippen MR) is 112 cm³/mol. The highest BCUT2D eigenvalue weighted by atomic mass is 32.2. The van der Waals surface area contributed by atoms with E-state index in [0.717, 1.165) is 32.9 Å². The summed E-state index contributed by atoms with van der Waals surface area (Å²) in [5, 5.41) is 2.58. The van der Waals surface area contributed by atoms with Crippen LogP contribution in [-0.4, -0.2) is 59.0 Å². The number of nitrogens with zero attached hydrogens (tertiary/aromatic N) is 2. The van der Waals surface area contributed by atoms with Crippen LogP contribution in [0.3, 0.4) is 0 Å². The van der Waals surface area contributed by atoms with E-state index in [2.05, 4.69) is 5.32 Å². The monoisotopic (exact) mass is 457 g/mol. The molecule has 0 saturated heterocycles. The molecule has 0 aliphatic carbocycles. The molecule has 11 heteroatoms. The third kappa shape index (κ3) is 5.04. The van der Waals surface area contributed by atoms with Crippen molar-refractivity contribution >= 4 is 31.6 Å². The van der Waals surface area contributed by atoms with Gasteiger partial charge in [-0.15, -0.1) is 0 Å². The van der Waals surface area contributed by atoms with Gasteiger partial charge in [0.2, 0.25) is 26.0 Å². The molecule has 0 atom stereocenters. The molecule has 0 spiro atoms. The molecule has 1 N–H and O–H groups in total. The Kier molecular flexibility index (Phi) is 7.02. The Morgan fingerprint density at radius 2 is 1.50 bits per heavy atom. The van der Waals surface area contributed by atoms with Crippen LogP contribution in [-0.2, 0) is 24.8 Å². The first-order valence-corrected chi connectivity index (χ1v) is 11.7. The minimum absolute atomic E-state index is 0.0122. The molecule has 0 aliphatic rings. The van der Waals surface area contributed by atoms with Crippen molar-refractivity contribution in [3.8, 4) is 0 Å². The van der Waals surface area contributed by atoms with Crippen molar-refractivity contribution in [1.29, 1.82) is 0 Å². The molecule has 0 aromatic heterocycles. The molecule has 2 aromatic carbocycles. The number of sulfonamides is 2. The molecule has 8 nitrogen and oxygen atoms in total. The average Bonchev–Trinajstić information content (AvgIpc) is 2.65. The van der Waals surface area contributed by atoms with Crippen LogP contribution in [0.2, 0.25) is 0 Å². The molecule has 1 amide bonds. The van der Waals surface area contributed by atoms with Crippen molar-refractivity contribution in [3.05, 3.63) is 53.3 Å². The van der Waals surface area contributed by atoms with E-state index in [1.807, 2.05) is 0 Å². The maximum atomic E-state index is 13.0. The van der Waals surface area contributed by atoms with Gasteiger partial charge in [0.05, 0.1) is 16.3 Å². The number of carbonyl (C=O) groups excluding carboxylic acids is 1. The Hall–Kier alpha value is -2.34. The van der Waals surface area contributed by atoms with Crippen LogP contribution in [0.15, 0.2) is 46.2 Å². The summed E-state index contributed by atoms with van der Waals surface area (Å²) in [4.78, 5) is 12.3. The molecular formula is C19H24FN3O5S2. The van der Waals surface area contributed by atoms with Gasteiger partial charge in [0.1, 0.15) is 5.82 Å². The van der Waals surface area contributed by atoms with Crippen molar-refractivity contribution < 1.29 is 26.0 Å². The van der Waals surface area contributed by atoms with Gasteiger partial charge in [0.15, 0.2) is 0 Å². The molecule has 0 radical (unpaired) electrons. The van der Waals surface area contributed by atoms with Crippen molar-refractivity contribution in [1.82, 2.24) is 8.61 Å². The third-order valence-corrected chi connectivity index (χ3v) is 8.19. The number of hydrogen-bond donors (Lipinski definition) is 1. The molecule has 0 aliphatic heterocycles. The fraction of sp³-hybridized carbons (Fsp3) is 0.316. The van der Waals surface area contributed by atoms with E-state index in [1.165, 1.54) is 33.3 Å². The lowest BCUT2D eigenvalue weighted by Crippen LogP contribution is -2.35. The van der Waals surface area contributed by atoms with Gasteiger partial charge in [-0.2, -0.15) is 4.31 Å². The Morgan fingerprint density at radius 1 is 0.933 bits per heavy atom. The number of nitrogens with one attached hydrogen (secondary N) is 1. The van der Waals surface area contributed by atoms with E-state index >= 15 is 0 Å². The summed E-state index contributed by atoms with van der Waals surface area (Å²) in [6.07, 6.45) is 0. The van der Waals surface area contributed by atoms with Crippen LogP contribution in [0.5, 0.6) is 0 Å². The summed E-state index contributed by atoms with van der Waals surface area (Å²) in [5.41, 5.74) is 1.58. The molecule has 0 saturated carbocycles. The molecule has 0 fully saturated rings. The zero-order chi connectivity index (χ0) is 22.9. The van der Waals surface area contributed by atoms with Crippen LogP contribution >= 0.6 is 0 Å². The second kappa shape index (κ2) is 8.80. The molecule has 2 aromatic rings. The highest BCUT2D eigenvalue weighted by molar-refractivity contribution is 7.89. The van der Waals surface area contributed by atoms with Gasteiger partial charge in [-0.25, -0.2) is 25.5 Å². The molecule has 2 rings (SSSR count). The number of carbonyl (C=O) groups is 1. The Bertz CT molecular complexity index is 1160. The maximum Gasteiger partial charge on any atom is 0.243 e. The van der Waals surface area contributed by atoms with Crippen LogP contribution < -0.4 is 5.32 Å². The van der Waals surface area contributed by atoms with Crippen molar-refractivity contribution in [2.75, 3.05) is 33.0 Å². The molecule has 0 unspecified atom stereocenters. The highest BCUT2D eigenvalue weighted by Crippen LogP contribution is 2.25. The zero-order valence-electron chi connectivity index (χ0n) is 17.3. The second-order valence-electron chi connectivity index (χ2n) is 6.96. The number of benzene rings is 2. The van der Waals surface area contributed by atoms with E-state index in [0.29, 0.717) is 11.1 Å². The van der Waals surface area contributed by atoms with Gasteiger partial charge in [0, 0.05) is 26.8 Å². The molecular weight excluding hydrogens is 433 g/mol. The molecule has 30 heavy (non-hydrogen) atoms. The lowest BCUT2D eigenvalue weighted by atomic mass is 10.1. The lowest BCUT2D eigenvalue weighted by Gasteiger charge is -2.19. The summed E-state index contributed by atoms with van der Waals surface area (Å²) >= 11 is 0. The number of hydrogen-bond acceptors (Lipinski definition) is 5. The van der Waals surface area contributed by atoms with Crippen LogP contribution in [0.4, 0.5) is 10.1 Å².